The highest BCUT2D eigenvalue weighted by Crippen LogP contribution is 2.21. The number of rotatable bonds is 3. The van der Waals surface area contributed by atoms with E-state index in [2.05, 4.69) is 10.3 Å². The summed E-state index contributed by atoms with van der Waals surface area (Å²) in [5, 5.41) is 11.2. The maximum absolute atomic E-state index is 12.0. The van der Waals surface area contributed by atoms with Crippen LogP contribution < -0.4 is 5.32 Å². The topological polar surface area (TPSA) is 62.2 Å². The lowest BCUT2D eigenvalue weighted by Crippen LogP contribution is -2.35. The molecule has 0 fully saturated rings. The van der Waals surface area contributed by atoms with Crippen molar-refractivity contribution in [1.82, 2.24) is 10.3 Å². The zero-order valence-electron chi connectivity index (χ0n) is 8.95. The monoisotopic (exact) mass is 248 g/mol. The minimum Gasteiger partial charge on any atom is -0.506 e. The van der Waals surface area contributed by atoms with Crippen molar-refractivity contribution in [3.8, 4) is 5.75 Å². The number of carbonyl (C=O) groups excluding carboxylic acids is 1. The van der Waals surface area contributed by atoms with Crippen LogP contribution in [0, 0.1) is 0 Å². The van der Waals surface area contributed by atoms with Gasteiger partial charge in [0, 0.05) is 12.2 Å². The summed E-state index contributed by atoms with van der Waals surface area (Å²) in [6.07, 6.45) is -3.15. The van der Waals surface area contributed by atoms with Gasteiger partial charge in [0.15, 0.2) is 0 Å². The maximum Gasteiger partial charge on any atom is 0.391 e. The molecule has 0 bridgehead atoms. The maximum atomic E-state index is 12.0. The summed E-state index contributed by atoms with van der Waals surface area (Å²) in [6, 6.07) is 0.0904. The molecule has 1 aromatic heterocycles. The van der Waals surface area contributed by atoms with Crippen LogP contribution in [0.4, 0.5) is 13.2 Å². The van der Waals surface area contributed by atoms with E-state index in [-0.39, 0.29) is 11.3 Å². The number of pyridine rings is 1. The van der Waals surface area contributed by atoms with Crippen molar-refractivity contribution >= 4 is 5.91 Å². The zero-order chi connectivity index (χ0) is 13.1. The minimum absolute atomic E-state index is 0.0130. The molecule has 0 aliphatic carbocycles. The number of halogens is 3. The fraction of sp³-hybridized carbons (Fsp3) is 0.400. The van der Waals surface area contributed by atoms with Crippen molar-refractivity contribution in [1.29, 1.82) is 0 Å². The van der Waals surface area contributed by atoms with Crippen LogP contribution in [0.25, 0.3) is 0 Å². The van der Waals surface area contributed by atoms with E-state index in [4.69, 9.17) is 5.11 Å². The second-order valence-corrected chi connectivity index (χ2v) is 3.63. The number of nitrogens with one attached hydrogen (secondary N) is 1. The Balaban J connectivity index is 2.61. The SMILES string of the molecule is CC(CC(F)(F)F)NC(=O)c1cncc(O)c1. The van der Waals surface area contributed by atoms with Gasteiger partial charge in [-0.2, -0.15) is 13.2 Å². The predicted molar refractivity (Wildman–Crippen MR) is 53.5 cm³/mol. The molecule has 2 N–H and O–H groups in total. The molecule has 1 heterocycles. The van der Waals surface area contributed by atoms with Gasteiger partial charge in [0.25, 0.3) is 5.91 Å². The zero-order valence-corrected chi connectivity index (χ0v) is 8.95. The molecule has 1 aromatic rings. The Morgan fingerprint density at radius 2 is 2.18 bits per heavy atom. The van der Waals surface area contributed by atoms with Crippen molar-refractivity contribution < 1.29 is 23.1 Å². The third-order valence-corrected chi connectivity index (χ3v) is 1.90. The van der Waals surface area contributed by atoms with Crippen molar-refractivity contribution in [3.05, 3.63) is 24.0 Å². The lowest BCUT2D eigenvalue weighted by molar-refractivity contribution is -0.138. The fourth-order valence-electron chi connectivity index (χ4n) is 1.26. The van der Waals surface area contributed by atoms with Crippen molar-refractivity contribution in [3.63, 3.8) is 0 Å². The molecule has 1 atom stereocenters. The molecule has 0 saturated heterocycles. The highest BCUT2D eigenvalue weighted by atomic mass is 19.4. The lowest BCUT2D eigenvalue weighted by atomic mass is 10.2. The molecule has 7 heteroatoms. The number of nitrogens with zero attached hydrogens (tertiary/aromatic N) is 1. The summed E-state index contributed by atoms with van der Waals surface area (Å²) in [5.74, 6) is -0.925. The van der Waals surface area contributed by atoms with E-state index in [0.29, 0.717) is 0 Å². The van der Waals surface area contributed by atoms with Crippen LogP contribution in [0.5, 0.6) is 5.75 Å². The summed E-state index contributed by atoms with van der Waals surface area (Å²) < 4.78 is 36.1. The fourth-order valence-corrected chi connectivity index (χ4v) is 1.26. The number of aromatic hydroxyl groups is 1. The van der Waals surface area contributed by atoms with Crippen LogP contribution in [-0.2, 0) is 0 Å². The number of amides is 1. The first kappa shape index (κ1) is 13.3. The number of hydrogen-bond acceptors (Lipinski definition) is 3. The first-order chi connectivity index (χ1) is 7.78. The molecule has 0 aromatic carbocycles. The minimum atomic E-state index is -4.33. The highest BCUT2D eigenvalue weighted by molar-refractivity contribution is 5.94. The molecule has 1 rings (SSSR count). The third kappa shape index (κ3) is 4.71. The van der Waals surface area contributed by atoms with Crippen LogP contribution >= 0.6 is 0 Å². The highest BCUT2D eigenvalue weighted by Gasteiger charge is 2.30. The Labute approximate surface area is 95.5 Å². The third-order valence-electron chi connectivity index (χ3n) is 1.90. The molecule has 0 saturated carbocycles. The molecule has 0 aliphatic heterocycles. The standard InChI is InChI=1S/C10H11F3N2O2/c1-6(3-10(11,12)13)15-9(17)7-2-8(16)5-14-4-7/h2,4-6,16H,3H2,1H3,(H,15,17). The van der Waals surface area contributed by atoms with Gasteiger partial charge in [0.05, 0.1) is 18.2 Å². The van der Waals surface area contributed by atoms with Crippen molar-refractivity contribution in [2.45, 2.75) is 25.6 Å². The van der Waals surface area contributed by atoms with Crippen LogP contribution in [-0.4, -0.2) is 28.2 Å². The lowest BCUT2D eigenvalue weighted by Gasteiger charge is -2.15. The van der Waals surface area contributed by atoms with Crippen molar-refractivity contribution in [2.75, 3.05) is 0 Å². The number of carbonyl (C=O) groups is 1. The number of hydrogen-bond donors (Lipinski definition) is 2. The normalized spacial score (nSPS) is 13.2. The van der Waals surface area contributed by atoms with E-state index < -0.39 is 24.5 Å². The summed E-state index contributed by atoms with van der Waals surface area (Å²) in [7, 11) is 0. The first-order valence-electron chi connectivity index (χ1n) is 4.79. The Kier molecular flexibility index (Phi) is 3.93. The van der Waals surface area contributed by atoms with Crippen molar-refractivity contribution in [2.24, 2.45) is 0 Å². The number of aromatic nitrogens is 1. The van der Waals surface area contributed by atoms with Gasteiger partial charge in [-0.1, -0.05) is 0 Å². The molecule has 17 heavy (non-hydrogen) atoms. The van der Waals surface area contributed by atoms with E-state index in [0.717, 1.165) is 18.5 Å². The summed E-state index contributed by atoms with van der Waals surface area (Å²) >= 11 is 0. The Hall–Kier alpha value is -1.79. The quantitative estimate of drug-likeness (QED) is 0.858. The summed E-state index contributed by atoms with van der Waals surface area (Å²) in [6.45, 7) is 1.25. The van der Waals surface area contributed by atoms with Gasteiger partial charge in [0.1, 0.15) is 5.75 Å². The molecule has 94 valence electrons. The Bertz CT molecular complexity index is 407. The molecule has 1 unspecified atom stereocenters. The Morgan fingerprint density at radius 3 is 2.71 bits per heavy atom. The van der Waals surface area contributed by atoms with Gasteiger partial charge in [-0.05, 0) is 13.0 Å². The molecular weight excluding hydrogens is 237 g/mol. The average Bonchev–Trinajstić information content (AvgIpc) is 2.14. The molecule has 0 aliphatic rings. The van der Waals surface area contributed by atoms with E-state index in [1.165, 1.54) is 6.92 Å². The van der Waals surface area contributed by atoms with Gasteiger partial charge in [0.2, 0.25) is 0 Å². The van der Waals surface area contributed by atoms with Crippen LogP contribution in [0.15, 0.2) is 18.5 Å². The second-order valence-electron chi connectivity index (χ2n) is 3.63. The molecular formula is C10H11F3N2O2. The van der Waals surface area contributed by atoms with Gasteiger partial charge in [-0.25, -0.2) is 0 Å². The smallest absolute Gasteiger partial charge is 0.391 e. The summed E-state index contributed by atoms with van der Waals surface area (Å²) in [4.78, 5) is 15.0. The molecule has 0 spiro atoms. The van der Waals surface area contributed by atoms with Crippen LogP contribution in [0.1, 0.15) is 23.7 Å². The largest absolute Gasteiger partial charge is 0.506 e. The van der Waals surface area contributed by atoms with Crippen LogP contribution in [0.3, 0.4) is 0 Å². The number of alkyl halides is 3. The van der Waals surface area contributed by atoms with E-state index in [1.807, 2.05) is 0 Å². The van der Waals surface area contributed by atoms with Gasteiger partial charge < -0.3 is 10.4 Å². The van der Waals surface area contributed by atoms with E-state index >= 15 is 0 Å². The predicted octanol–water partition coefficient (Wildman–Crippen LogP) is 1.86. The summed E-state index contributed by atoms with van der Waals surface area (Å²) in [5.41, 5.74) is 0.0130. The van der Waals surface area contributed by atoms with E-state index in [1.54, 1.807) is 0 Å². The van der Waals surface area contributed by atoms with Gasteiger partial charge in [-0.3, -0.25) is 9.78 Å². The molecule has 0 radical (unpaired) electrons. The van der Waals surface area contributed by atoms with E-state index in [9.17, 15) is 18.0 Å². The van der Waals surface area contributed by atoms with Gasteiger partial charge >= 0.3 is 6.18 Å². The average molecular weight is 248 g/mol. The Morgan fingerprint density at radius 1 is 1.53 bits per heavy atom. The van der Waals surface area contributed by atoms with Crippen LogP contribution in [0.2, 0.25) is 0 Å². The first-order valence-corrected chi connectivity index (χ1v) is 4.79. The van der Waals surface area contributed by atoms with Gasteiger partial charge in [-0.15, -0.1) is 0 Å². The second kappa shape index (κ2) is 5.03. The molecule has 1 amide bonds. The molecule has 4 nitrogen and oxygen atoms in total.